The van der Waals surface area contributed by atoms with Crippen LogP contribution in [-0.2, 0) is 27.5 Å². The third kappa shape index (κ3) is 1.81. The molecule has 1 unspecified atom stereocenters. The maximum absolute atomic E-state index is 10.1. The zero-order chi connectivity index (χ0) is 8.58. The average Bonchev–Trinajstić information content (AvgIpc) is 1.62. The molecule has 0 fully saturated rings. The molecule has 7 nitrogen and oxygen atoms in total. The van der Waals surface area contributed by atoms with Gasteiger partial charge in [0, 0.05) is 8.28 Å². The minimum absolute atomic E-state index is 3.47. The molecule has 0 saturated carbocycles. The predicted octanol–water partition coefficient (Wildman–Crippen LogP) is -1.58. The van der Waals surface area contributed by atoms with Crippen molar-refractivity contribution in [2.24, 2.45) is 0 Å². The van der Waals surface area contributed by atoms with E-state index in [1.54, 1.807) is 0 Å². The quantitative estimate of drug-likeness (QED) is 0.188. The molecule has 1 atom stereocenters. The third-order valence-electron chi connectivity index (χ3n) is 0.489. The Morgan fingerprint density at radius 3 is 1.70 bits per heavy atom. The van der Waals surface area contributed by atoms with E-state index in [4.69, 9.17) is 13.7 Å². The first-order valence-corrected chi connectivity index (χ1v) is 7.03. The van der Waals surface area contributed by atoms with Crippen LogP contribution in [0.5, 0.6) is 0 Å². The highest BCUT2D eigenvalue weighted by atomic mass is 33.6. The van der Waals surface area contributed by atoms with Crippen LogP contribution in [0.3, 0.4) is 0 Å². The third-order valence-corrected chi connectivity index (χ3v) is 7.24. The summed E-state index contributed by atoms with van der Waals surface area (Å²) < 4.78 is 63.2. The summed E-state index contributed by atoms with van der Waals surface area (Å²) in [6.07, 6.45) is 0. The van der Waals surface area contributed by atoms with Crippen molar-refractivity contribution in [3.05, 3.63) is 0 Å². The summed E-state index contributed by atoms with van der Waals surface area (Å²) in [5.41, 5.74) is 0. The van der Waals surface area contributed by atoms with E-state index in [-0.39, 0.29) is 0 Å². The van der Waals surface area contributed by atoms with Gasteiger partial charge in [-0.05, 0) is 0 Å². The van der Waals surface area contributed by atoms with E-state index in [0.29, 0.717) is 0 Å². The van der Waals surface area contributed by atoms with Crippen molar-refractivity contribution in [3.63, 3.8) is 0 Å². The largest absolute Gasteiger partial charge is 0.376 e. The van der Waals surface area contributed by atoms with Gasteiger partial charge < -0.3 is 0 Å². The smallest absolute Gasteiger partial charge is 0.290 e. The van der Waals surface area contributed by atoms with E-state index in [2.05, 4.69) is 0 Å². The molecule has 0 amide bonds. The van der Waals surface area contributed by atoms with Gasteiger partial charge in [-0.3, -0.25) is 13.7 Å². The maximum Gasteiger partial charge on any atom is 0.376 e. The second kappa shape index (κ2) is 2.64. The highest BCUT2D eigenvalue weighted by Crippen LogP contribution is 2.10. The van der Waals surface area contributed by atoms with E-state index >= 15 is 0 Å². The first kappa shape index (κ1) is 10.1. The molecule has 0 radical (unpaired) electrons. The summed E-state index contributed by atoms with van der Waals surface area (Å²) in [7, 11) is -14.2. The predicted molar refractivity (Wildman–Crippen MR) is 34.5 cm³/mol. The average molecular weight is 212 g/mol. The molecule has 10 heavy (non-hydrogen) atoms. The number of thiol groups is 1. The van der Waals surface area contributed by atoms with Gasteiger partial charge in [0.1, 0.15) is 0 Å². The van der Waals surface area contributed by atoms with Gasteiger partial charge in [-0.1, -0.05) is 0 Å². The van der Waals surface area contributed by atoms with Crippen LogP contribution in [0.15, 0.2) is 0 Å². The fourth-order valence-corrected chi connectivity index (χ4v) is 2.18. The Morgan fingerprint density at radius 1 is 1.40 bits per heavy atom. The Morgan fingerprint density at radius 2 is 1.70 bits per heavy atom. The minimum atomic E-state index is -5.39. The molecule has 0 aromatic rings. The van der Waals surface area contributed by atoms with Gasteiger partial charge in [-0.25, -0.2) is 4.21 Å². The van der Waals surface area contributed by atoms with E-state index in [1.807, 2.05) is 0 Å². The lowest BCUT2D eigenvalue weighted by Crippen LogP contribution is -2.26. The van der Waals surface area contributed by atoms with Gasteiger partial charge in [-0.15, -0.1) is 0 Å². The van der Waals surface area contributed by atoms with Crippen molar-refractivity contribution < 1.29 is 30.5 Å². The van der Waals surface area contributed by atoms with E-state index in [1.165, 1.54) is 0 Å². The molecule has 0 spiro atoms. The summed E-state index contributed by atoms with van der Waals surface area (Å²) >= 11 is 0. The van der Waals surface area contributed by atoms with Crippen LogP contribution in [0.25, 0.3) is 0 Å². The number of hydrogen-bond acceptors (Lipinski definition) is 4. The lowest BCUT2D eigenvalue weighted by Gasteiger charge is -2.12. The Bertz CT molecular complexity index is 280. The molecule has 0 rings (SSSR count). The van der Waals surface area contributed by atoms with Crippen molar-refractivity contribution >= 4 is 27.5 Å². The summed E-state index contributed by atoms with van der Waals surface area (Å²) in [6.45, 7) is 0. The summed E-state index contributed by atoms with van der Waals surface area (Å²) in [5, 5.41) is 0. The van der Waals surface area contributed by atoms with Crippen molar-refractivity contribution in [3.8, 4) is 0 Å². The van der Waals surface area contributed by atoms with Crippen LogP contribution in [0.4, 0.5) is 0 Å². The number of hydrogen-bond donors (Lipinski definition) is 4. The van der Waals surface area contributed by atoms with E-state index in [0.717, 1.165) is 0 Å². The molecule has 0 aromatic carbocycles. The van der Waals surface area contributed by atoms with Gasteiger partial charge in [0.15, 0.2) is 0 Å². The molecule has 0 aromatic heterocycles. The Balaban J connectivity index is 5.18. The molecule has 0 bridgehead atoms. The Labute approximate surface area is 58.5 Å². The summed E-state index contributed by atoms with van der Waals surface area (Å²) in [5.74, 6) is 0. The molecular weight excluding hydrogens is 208 g/mol. The zero-order valence-corrected chi connectivity index (χ0v) is 6.77. The first-order valence-electron chi connectivity index (χ1n) is 1.61. The van der Waals surface area contributed by atoms with Crippen molar-refractivity contribution in [2.45, 2.75) is 0 Å². The van der Waals surface area contributed by atoms with Gasteiger partial charge in [0.05, 0.1) is 0 Å². The van der Waals surface area contributed by atoms with E-state index in [9.17, 15) is 16.8 Å². The molecule has 3 N–H and O–H groups in total. The molecule has 0 aliphatic rings. The SMILES string of the molecule is O=S(O)[SH](=O)(O)S(=O)(=O)O. The molecule has 0 aliphatic carbocycles. The fourth-order valence-electron chi connectivity index (χ4n) is 0.0806. The lowest BCUT2D eigenvalue weighted by molar-refractivity contribution is 0.484. The fraction of sp³-hybridized carbons (Fsp3) is 0. The Hall–Kier alpha value is 0.130. The first-order chi connectivity index (χ1) is 4.19. The Kier molecular flexibility index (Phi) is 2.67. The minimum Gasteiger partial charge on any atom is -0.290 e. The monoisotopic (exact) mass is 212 g/mol. The molecular formula is H4O7S3. The maximum atomic E-state index is 10.1. The van der Waals surface area contributed by atoms with Crippen LogP contribution in [0.1, 0.15) is 0 Å². The van der Waals surface area contributed by atoms with Crippen LogP contribution < -0.4 is 0 Å². The summed E-state index contributed by atoms with van der Waals surface area (Å²) in [6, 6.07) is 0. The second-order valence-electron chi connectivity index (χ2n) is 1.15. The van der Waals surface area contributed by atoms with Crippen molar-refractivity contribution in [1.29, 1.82) is 0 Å². The van der Waals surface area contributed by atoms with Gasteiger partial charge in [0.2, 0.25) is 0 Å². The normalized spacial score (nSPS) is 18.3. The standard InChI is InChI=1S/H4O7S3/c1-8(2)10(6,7)9(3,4)5/h10H,(H,1,2)(H,6,7)(H,3,4,5). The van der Waals surface area contributed by atoms with Crippen molar-refractivity contribution in [1.82, 2.24) is 0 Å². The molecule has 0 aliphatic heterocycles. The van der Waals surface area contributed by atoms with Crippen molar-refractivity contribution in [2.75, 3.05) is 0 Å². The topological polar surface area (TPSA) is 129 Å². The zero-order valence-electron chi connectivity index (χ0n) is 4.24. The lowest BCUT2D eigenvalue weighted by atomic mass is 15.9. The molecule has 64 valence electrons. The highest BCUT2D eigenvalue weighted by Gasteiger charge is 2.26. The summed E-state index contributed by atoms with van der Waals surface area (Å²) in [4.78, 5) is 0. The highest BCUT2D eigenvalue weighted by molar-refractivity contribution is 8.98. The van der Waals surface area contributed by atoms with Crippen LogP contribution in [0, 0.1) is 0 Å². The van der Waals surface area contributed by atoms with Gasteiger partial charge in [0.25, 0.3) is 10.1 Å². The number of rotatable bonds is 2. The van der Waals surface area contributed by atoms with Crippen LogP contribution in [-0.4, -0.2) is 30.5 Å². The molecule has 0 saturated heterocycles. The second-order valence-corrected chi connectivity index (χ2v) is 9.43. The van der Waals surface area contributed by atoms with Gasteiger partial charge >= 0.3 is 9.15 Å². The van der Waals surface area contributed by atoms with Crippen LogP contribution in [0.2, 0.25) is 0 Å². The van der Waals surface area contributed by atoms with Gasteiger partial charge in [-0.2, -0.15) is 12.6 Å². The van der Waals surface area contributed by atoms with Crippen LogP contribution >= 0.6 is 0 Å². The van der Waals surface area contributed by atoms with E-state index < -0.39 is 27.5 Å². The molecule has 10 heteroatoms. The molecule has 0 heterocycles.